The lowest BCUT2D eigenvalue weighted by Crippen LogP contribution is -2.47. The minimum Gasteiger partial charge on any atom is -0.330 e. The molecule has 5 heteroatoms. The lowest BCUT2D eigenvalue weighted by Gasteiger charge is -2.39. The number of rotatable bonds is 7. The quantitative estimate of drug-likeness (QED) is 0.527. The molecule has 1 fully saturated rings. The van der Waals surface area contributed by atoms with Crippen LogP contribution in [0.2, 0.25) is 0 Å². The second-order valence-electron chi connectivity index (χ2n) is 8.73. The maximum absolute atomic E-state index is 13.9. The van der Waals surface area contributed by atoms with E-state index < -0.39 is 0 Å². The maximum Gasteiger partial charge on any atom is 0.247 e. The number of carbonyl (C=O) groups excluding carboxylic acids is 2. The molecule has 0 radical (unpaired) electrons. The smallest absolute Gasteiger partial charge is 0.247 e. The second kappa shape index (κ2) is 8.65. The molecule has 1 aliphatic heterocycles. The molecule has 1 unspecified atom stereocenters. The molecule has 3 aromatic rings. The van der Waals surface area contributed by atoms with Crippen LogP contribution in [0.4, 0.5) is 5.69 Å². The van der Waals surface area contributed by atoms with Crippen LogP contribution in [0.3, 0.4) is 0 Å². The predicted molar refractivity (Wildman–Crippen MR) is 126 cm³/mol. The first-order chi connectivity index (χ1) is 15.7. The number of para-hydroxylation sites is 2. The minimum absolute atomic E-state index is 0.0319. The van der Waals surface area contributed by atoms with Crippen molar-refractivity contribution in [1.29, 1.82) is 0 Å². The van der Waals surface area contributed by atoms with Gasteiger partial charge in [-0.05, 0) is 49.1 Å². The normalized spacial score (nSPS) is 16.9. The van der Waals surface area contributed by atoms with Crippen molar-refractivity contribution in [3.05, 3.63) is 84.2 Å². The molecule has 2 heterocycles. The SMILES string of the molecule is CCCCC(=O)N(CC(=O)N1c2ccccc2-n2cccc2C1c1ccccc1)C1CC1. The Kier molecular flexibility index (Phi) is 5.56. The molecule has 0 spiro atoms. The fourth-order valence-corrected chi connectivity index (χ4v) is 4.71. The number of unbranched alkanes of at least 4 members (excludes halogenated alkanes) is 1. The van der Waals surface area contributed by atoms with Crippen molar-refractivity contribution in [2.75, 3.05) is 11.4 Å². The van der Waals surface area contributed by atoms with E-state index in [0.717, 1.165) is 48.3 Å². The molecule has 2 aromatic carbocycles. The zero-order valence-corrected chi connectivity index (χ0v) is 18.5. The fraction of sp³-hybridized carbons (Fsp3) is 0.333. The van der Waals surface area contributed by atoms with E-state index in [-0.39, 0.29) is 30.4 Å². The third-order valence-electron chi connectivity index (χ3n) is 6.46. The number of hydrogen-bond donors (Lipinski definition) is 0. The van der Waals surface area contributed by atoms with Crippen LogP contribution in [0.1, 0.15) is 56.3 Å². The van der Waals surface area contributed by atoms with E-state index >= 15 is 0 Å². The summed E-state index contributed by atoms with van der Waals surface area (Å²) in [6.45, 7) is 2.22. The van der Waals surface area contributed by atoms with Gasteiger partial charge in [-0.25, -0.2) is 0 Å². The number of carbonyl (C=O) groups is 2. The number of hydrogen-bond acceptors (Lipinski definition) is 2. The molecule has 164 valence electrons. The highest BCUT2D eigenvalue weighted by molar-refractivity contribution is 6.00. The highest BCUT2D eigenvalue weighted by atomic mass is 16.2. The standard InChI is InChI=1S/C27H29N3O2/c1-2-3-15-25(31)29(21-16-17-21)19-26(32)30-23-13-8-7-12-22(23)28-18-9-14-24(28)27(30)20-10-5-4-6-11-20/h4-14,18,21,27H,2-3,15-17,19H2,1H3. The molecule has 0 saturated heterocycles. The number of fused-ring (bicyclic) bond motifs is 3. The van der Waals surface area contributed by atoms with Crippen molar-refractivity contribution < 1.29 is 9.59 Å². The molecular weight excluding hydrogens is 398 g/mol. The molecule has 1 aliphatic carbocycles. The Morgan fingerprint density at radius 1 is 0.938 bits per heavy atom. The van der Waals surface area contributed by atoms with E-state index in [2.05, 4.69) is 35.9 Å². The third-order valence-corrected chi connectivity index (χ3v) is 6.46. The Balaban J connectivity index is 1.54. The van der Waals surface area contributed by atoms with Gasteiger partial charge in [0.25, 0.3) is 0 Å². The van der Waals surface area contributed by atoms with Crippen LogP contribution in [-0.2, 0) is 9.59 Å². The topological polar surface area (TPSA) is 45.6 Å². The summed E-state index contributed by atoms with van der Waals surface area (Å²) in [6, 6.07) is 22.3. The molecule has 32 heavy (non-hydrogen) atoms. The summed E-state index contributed by atoms with van der Waals surface area (Å²) in [4.78, 5) is 30.6. The van der Waals surface area contributed by atoms with Gasteiger partial charge in [0, 0.05) is 18.7 Å². The Hall–Kier alpha value is -3.34. The molecule has 0 bridgehead atoms. The molecular formula is C27H29N3O2. The van der Waals surface area contributed by atoms with Crippen LogP contribution in [0.5, 0.6) is 0 Å². The average Bonchev–Trinajstić information content (AvgIpc) is 3.55. The molecule has 5 nitrogen and oxygen atoms in total. The van der Waals surface area contributed by atoms with Crippen molar-refractivity contribution >= 4 is 17.5 Å². The van der Waals surface area contributed by atoms with E-state index in [4.69, 9.17) is 0 Å². The lowest BCUT2D eigenvalue weighted by molar-refractivity contribution is -0.136. The van der Waals surface area contributed by atoms with Gasteiger partial charge in [-0.3, -0.25) is 14.5 Å². The molecule has 2 amide bonds. The van der Waals surface area contributed by atoms with Crippen molar-refractivity contribution in [2.45, 2.75) is 51.1 Å². The van der Waals surface area contributed by atoms with Gasteiger partial charge in [-0.1, -0.05) is 55.8 Å². The first kappa shape index (κ1) is 20.6. The van der Waals surface area contributed by atoms with Crippen LogP contribution in [0.15, 0.2) is 72.9 Å². The van der Waals surface area contributed by atoms with Crippen molar-refractivity contribution in [1.82, 2.24) is 9.47 Å². The van der Waals surface area contributed by atoms with Gasteiger partial charge in [0.05, 0.1) is 17.1 Å². The molecule has 1 saturated carbocycles. The monoisotopic (exact) mass is 427 g/mol. The fourth-order valence-electron chi connectivity index (χ4n) is 4.71. The van der Waals surface area contributed by atoms with Crippen molar-refractivity contribution in [3.63, 3.8) is 0 Å². The highest BCUT2D eigenvalue weighted by Gasteiger charge is 2.39. The van der Waals surface area contributed by atoms with Crippen LogP contribution < -0.4 is 4.90 Å². The Morgan fingerprint density at radius 3 is 2.38 bits per heavy atom. The summed E-state index contributed by atoms with van der Waals surface area (Å²) in [6.07, 6.45) is 6.39. The average molecular weight is 428 g/mol. The largest absolute Gasteiger partial charge is 0.330 e. The van der Waals surface area contributed by atoms with Gasteiger partial charge >= 0.3 is 0 Å². The van der Waals surface area contributed by atoms with Gasteiger partial charge in [0.15, 0.2) is 0 Å². The molecule has 2 aliphatic rings. The predicted octanol–water partition coefficient (Wildman–Crippen LogP) is 5.09. The van der Waals surface area contributed by atoms with E-state index in [1.165, 1.54) is 0 Å². The number of anilines is 1. The number of aromatic nitrogens is 1. The number of amides is 2. The summed E-state index contributed by atoms with van der Waals surface area (Å²) < 4.78 is 2.17. The van der Waals surface area contributed by atoms with Crippen molar-refractivity contribution in [3.8, 4) is 5.69 Å². The van der Waals surface area contributed by atoms with E-state index in [0.29, 0.717) is 6.42 Å². The summed E-state index contributed by atoms with van der Waals surface area (Å²) in [5.74, 6) is 0.0723. The molecule has 1 aromatic heterocycles. The summed E-state index contributed by atoms with van der Waals surface area (Å²) in [7, 11) is 0. The van der Waals surface area contributed by atoms with Crippen LogP contribution in [-0.4, -0.2) is 33.9 Å². The van der Waals surface area contributed by atoms with Gasteiger partial charge in [0.2, 0.25) is 11.8 Å². The van der Waals surface area contributed by atoms with Gasteiger partial charge in [-0.15, -0.1) is 0 Å². The zero-order valence-electron chi connectivity index (χ0n) is 18.5. The third kappa shape index (κ3) is 3.72. The maximum atomic E-state index is 13.9. The molecule has 5 rings (SSSR count). The van der Waals surface area contributed by atoms with E-state index in [9.17, 15) is 9.59 Å². The Bertz CT molecular complexity index is 1120. The lowest BCUT2D eigenvalue weighted by atomic mass is 9.97. The van der Waals surface area contributed by atoms with Gasteiger partial charge in [-0.2, -0.15) is 0 Å². The van der Waals surface area contributed by atoms with Crippen LogP contribution in [0, 0.1) is 0 Å². The first-order valence-electron chi connectivity index (χ1n) is 11.6. The van der Waals surface area contributed by atoms with Gasteiger partial charge in [0.1, 0.15) is 12.6 Å². The first-order valence-corrected chi connectivity index (χ1v) is 11.6. The summed E-state index contributed by atoms with van der Waals surface area (Å²) in [5.41, 5.74) is 3.99. The number of benzene rings is 2. The second-order valence-corrected chi connectivity index (χ2v) is 8.73. The highest BCUT2D eigenvalue weighted by Crippen LogP contribution is 2.42. The molecule has 0 N–H and O–H groups in total. The van der Waals surface area contributed by atoms with Crippen LogP contribution in [0.25, 0.3) is 5.69 Å². The number of nitrogens with zero attached hydrogens (tertiary/aromatic N) is 3. The zero-order chi connectivity index (χ0) is 22.1. The van der Waals surface area contributed by atoms with Crippen molar-refractivity contribution in [2.24, 2.45) is 0 Å². The van der Waals surface area contributed by atoms with E-state index in [1.807, 2.05) is 58.3 Å². The summed E-state index contributed by atoms with van der Waals surface area (Å²) >= 11 is 0. The Labute approximate surface area is 189 Å². The minimum atomic E-state index is -0.236. The van der Waals surface area contributed by atoms with E-state index in [1.54, 1.807) is 0 Å². The Morgan fingerprint density at radius 2 is 1.66 bits per heavy atom. The summed E-state index contributed by atoms with van der Waals surface area (Å²) in [5, 5.41) is 0. The van der Waals surface area contributed by atoms with Gasteiger partial charge < -0.3 is 9.47 Å². The molecule has 1 atom stereocenters. The van der Waals surface area contributed by atoms with Crippen LogP contribution >= 0.6 is 0 Å².